The number of rotatable bonds is 2. The lowest BCUT2D eigenvalue weighted by molar-refractivity contribution is -0.142. The molecule has 0 atom stereocenters. The fraction of sp³-hybridized carbons (Fsp3) is 0.375. The Morgan fingerprint density at radius 2 is 1.88 bits per heavy atom. The van der Waals surface area contributed by atoms with Crippen LogP contribution in [0.2, 0.25) is 0 Å². The van der Waals surface area contributed by atoms with Gasteiger partial charge in [-0.25, -0.2) is 13.2 Å². The van der Waals surface area contributed by atoms with Gasteiger partial charge in [0.2, 0.25) is 0 Å². The van der Waals surface area contributed by atoms with Crippen LogP contribution in [0.25, 0.3) is 0 Å². The third-order valence-corrected chi connectivity index (χ3v) is 2.36. The van der Waals surface area contributed by atoms with Gasteiger partial charge in [-0.3, -0.25) is 4.98 Å². The van der Waals surface area contributed by atoms with E-state index in [0.29, 0.717) is 6.20 Å². The highest BCUT2D eigenvalue weighted by atomic mass is 79.9. The molecule has 1 nitrogen and oxygen atoms in total. The molecule has 0 N–H and O–H groups in total. The maximum absolute atomic E-state index is 13.3. The molecule has 0 bridgehead atoms. The van der Waals surface area contributed by atoms with Gasteiger partial charge in [-0.05, 0) is 0 Å². The van der Waals surface area contributed by atoms with Gasteiger partial charge in [-0.1, -0.05) is 15.9 Å². The molecule has 90 valence electrons. The third kappa shape index (κ3) is 2.47. The first-order valence-electron chi connectivity index (χ1n) is 3.87. The number of alkyl halides is 6. The van der Waals surface area contributed by atoms with Crippen LogP contribution in [0.15, 0.2) is 6.20 Å². The summed E-state index contributed by atoms with van der Waals surface area (Å²) in [5, 5.41) is -0.238. The van der Waals surface area contributed by atoms with Gasteiger partial charge in [0.1, 0.15) is 17.1 Å². The first-order chi connectivity index (χ1) is 7.29. The van der Waals surface area contributed by atoms with Gasteiger partial charge in [-0.15, -0.1) is 0 Å². The lowest BCUT2D eigenvalue weighted by atomic mass is 10.1. The van der Waals surface area contributed by atoms with Crippen molar-refractivity contribution in [1.82, 2.24) is 4.98 Å². The Morgan fingerprint density at radius 3 is 2.25 bits per heavy atom. The minimum atomic E-state index is -5.19. The molecule has 1 heterocycles. The normalized spacial score (nSPS) is 12.2. The molecule has 0 aliphatic heterocycles. The SMILES string of the molecule is Fc1c(CBr)cnc(C(F)F)c1C(F)(F)F. The third-order valence-electron chi connectivity index (χ3n) is 1.75. The zero-order valence-corrected chi connectivity index (χ0v) is 9.04. The lowest BCUT2D eigenvalue weighted by Crippen LogP contribution is -2.15. The second-order valence-electron chi connectivity index (χ2n) is 2.79. The number of halogens is 7. The largest absolute Gasteiger partial charge is 0.421 e. The summed E-state index contributed by atoms with van der Waals surface area (Å²) in [6.07, 6.45) is -8.02. The second-order valence-corrected chi connectivity index (χ2v) is 3.35. The van der Waals surface area contributed by atoms with Crippen LogP contribution in [0.3, 0.4) is 0 Å². The van der Waals surface area contributed by atoms with E-state index in [0.717, 1.165) is 0 Å². The number of pyridine rings is 1. The standard InChI is InChI=1S/C8H4BrF6N/c9-1-3-2-16-6(7(11)12)4(5(3)10)8(13,14)15/h2,7H,1H2. The van der Waals surface area contributed by atoms with Crippen LogP contribution in [0.1, 0.15) is 23.2 Å². The fourth-order valence-electron chi connectivity index (χ4n) is 1.07. The van der Waals surface area contributed by atoms with E-state index < -0.39 is 35.2 Å². The highest BCUT2D eigenvalue weighted by Gasteiger charge is 2.40. The van der Waals surface area contributed by atoms with Crippen molar-refractivity contribution in [2.24, 2.45) is 0 Å². The van der Waals surface area contributed by atoms with Crippen LogP contribution < -0.4 is 0 Å². The Balaban J connectivity index is 3.50. The van der Waals surface area contributed by atoms with Gasteiger partial charge in [0, 0.05) is 17.1 Å². The summed E-state index contributed by atoms with van der Waals surface area (Å²) in [5.41, 5.74) is -4.01. The van der Waals surface area contributed by atoms with Crippen molar-refractivity contribution in [3.05, 3.63) is 28.8 Å². The molecule has 0 amide bonds. The first kappa shape index (κ1) is 13.3. The smallest absolute Gasteiger partial charge is 0.254 e. The van der Waals surface area contributed by atoms with E-state index in [1.54, 1.807) is 0 Å². The predicted molar refractivity (Wildman–Crippen MR) is 46.8 cm³/mol. The van der Waals surface area contributed by atoms with Crippen molar-refractivity contribution in [3.63, 3.8) is 0 Å². The molecule has 16 heavy (non-hydrogen) atoms. The minimum Gasteiger partial charge on any atom is -0.254 e. The van der Waals surface area contributed by atoms with Crippen molar-refractivity contribution in [1.29, 1.82) is 0 Å². The average molecular weight is 308 g/mol. The highest BCUT2D eigenvalue weighted by molar-refractivity contribution is 9.08. The molecule has 0 aliphatic rings. The monoisotopic (exact) mass is 307 g/mol. The van der Waals surface area contributed by atoms with Crippen molar-refractivity contribution < 1.29 is 26.3 Å². The molecular formula is C8H4BrF6N. The first-order valence-corrected chi connectivity index (χ1v) is 4.99. The Bertz CT molecular complexity index is 389. The Kier molecular flexibility index (Phi) is 3.82. The summed E-state index contributed by atoms with van der Waals surface area (Å²) in [6.45, 7) is 0. The zero-order chi connectivity index (χ0) is 12.5. The number of aromatic nitrogens is 1. The topological polar surface area (TPSA) is 12.9 Å². The van der Waals surface area contributed by atoms with E-state index in [1.165, 1.54) is 0 Å². The summed E-state index contributed by atoms with van der Waals surface area (Å²) in [7, 11) is 0. The number of nitrogens with zero attached hydrogens (tertiary/aromatic N) is 1. The van der Waals surface area contributed by atoms with Gasteiger partial charge in [0.05, 0.1) is 0 Å². The molecule has 0 spiro atoms. The molecule has 0 radical (unpaired) electrons. The van der Waals surface area contributed by atoms with Crippen LogP contribution in [-0.4, -0.2) is 4.98 Å². The van der Waals surface area contributed by atoms with Crippen molar-refractivity contribution >= 4 is 15.9 Å². The zero-order valence-electron chi connectivity index (χ0n) is 7.45. The van der Waals surface area contributed by atoms with Crippen molar-refractivity contribution in [2.45, 2.75) is 17.9 Å². The maximum atomic E-state index is 13.3. The summed E-state index contributed by atoms with van der Waals surface area (Å²) in [4.78, 5) is 2.94. The Hall–Kier alpha value is -0.790. The van der Waals surface area contributed by atoms with Crippen LogP contribution in [0.4, 0.5) is 26.3 Å². The lowest BCUT2D eigenvalue weighted by Gasteiger charge is -2.13. The van der Waals surface area contributed by atoms with Gasteiger partial charge in [0.15, 0.2) is 0 Å². The Morgan fingerprint density at radius 1 is 1.31 bits per heavy atom. The summed E-state index contributed by atoms with van der Waals surface area (Å²) < 4.78 is 74.8. The molecule has 1 aromatic rings. The molecular weight excluding hydrogens is 304 g/mol. The van der Waals surface area contributed by atoms with E-state index >= 15 is 0 Å². The molecule has 0 aromatic carbocycles. The minimum absolute atomic E-state index is 0.238. The summed E-state index contributed by atoms with van der Waals surface area (Å²) in [5.74, 6) is -1.71. The molecule has 0 aliphatic carbocycles. The van der Waals surface area contributed by atoms with Gasteiger partial charge >= 0.3 is 6.18 Å². The average Bonchev–Trinajstić information content (AvgIpc) is 2.14. The molecule has 0 fully saturated rings. The fourth-order valence-corrected chi connectivity index (χ4v) is 1.46. The van der Waals surface area contributed by atoms with E-state index in [4.69, 9.17) is 0 Å². The second kappa shape index (κ2) is 4.60. The quantitative estimate of drug-likeness (QED) is 0.593. The molecule has 0 saturated carbocycles. The van der Waals surface area contributed by atoms with E-state index in [1.807, 2.05) is 0 Å². The van der Waals surface area contributed by atoms with Gasteiger partial charge < -0.3 is 0 Å². The van der Waals surface area contributed by atoms with Crippen molar-refractivity contribution in [2.75, 3.05) is 0 Å². The van der Waals surface area contributed by atoms with Crippen LogP contribution in [0.5, 0.6) is 0 Å². The van der Waals surface area contributed by atoms with E-state index in [-0.39, 0.29) is 5.33 Å². The molecule has 1 aromatic heterocycles. The summed E-state index contributed by atoms with van der Waals surface area (Å²) in [6, 6.07) is 0. The van der Waals surface area contributed by atoms with Crippen LogP contribution in [-0.2, 0) is 11.5 Å². The molecule has 1 rings (SSSR count). The summed E-state index contributed by atoms with van der Waals surface area (Å²) >= 11 is 2.74. The number of hydrogen-bond donors (Lipinski definition) is 0. The highest BCUT2D eigenvalue weighted by Crippen LogP contribution is 2.38. The van der Waals surface area contributed by atoms with Gasteiger partial charge in [0.25, 0.3) is 6.43 Å². The van der Waals surface area contributed by atoms with E-state index in [2.05, 4.69) is 20.9 Å². The van der Waals surface area contributed by atoms with Crippen LogP contribution >= 0.6 is 15.9 Å². The van der Waals surface area contributed by atoms with Crippen LogP contribution in [0, 0.1) is 5.82 Å². The van der Waals surface area contributed by atoms with E-state index in [9.17, 15) is 26.3 Å². The predicted octanol–water partition coefficient (Wildman–Crippen LogP) is 4.07. The Labute approximate surface area is 94.6 Å². The van der Waals surface area contributed by atoms with Gasteiger partial charge in [-0.2, -0.15) is 13.2 Å². The maximum Gasteiger partial charge on any atom is 0.421 e. The number of hydrogen-bond acceptors (Lipinski definition) is 1. The van der Waals surface area contributed by atoms with Crippen molar-refractivity contribution in [3.8, 4) is 0 Å². The molecule has 0 unspecified atom stereocenters. The molecule has 0 saturated heterocycles. The molecule has 8 heteroatoms.